The molecule has 0 spiro atoms. The highest BCUT2D eigenvalue weighted by molar-refractivity contribution is 7.66. The van der Waals surface area contributed by atoms with Gasteiger partial charge in [0.25, 0.3) is 5.85 Å². The number of halogens is 1. The van der Waals surface area contributed by atoms with Crippen LogP contribution in [0.25, 0.3) is 11.2 Å². The molecule has 1 aliphatic carbocycles. The average molecular weight is 537 g/mol. The third-order valence-electron chi connectivity index (χ3n) is 4.98. The minimum absolute atomic E-state index is 0.0225. The highest BCUT2D eigenvalue weighted by Gasteiger charge is 2.95. The Hall–Kier alpha value is -1.43. The van der Waals surface area contributed by atoms with Crippen LogP contribution in [0.4, 0.5) is 10.2 Å². The number of aromatic nitrogens is 4. The first-order valence-corrected chi connectivity index (χ1v) is 12.9. The molecule has 184 valence electrons. The van der Waals surface area contributed by atoms with Crippen LogP contribution in [0.3, 0.4) is 0 Å². The summed E-state index contributed by atoms with van der Waals surface area (Å²) >= 11 is 0. The van der Waals surface area contributed by atoms with Crippen molar-refractivity contribution in [1.82, 2.24) is 19.5 Å². The summed E-state index contributed by atoms with van der Waals surface area (Å²) in [4.78, 5) is 47.4. The zero-order chi connectivity index (χ0) is 24.8. The number of hydrogen-bond donors (Lipinski definition) is 7. The van der Waals surface area contributed by atoms with Crippen molar-refractivity contribution in [3.63, 3.8) is 0 Å². The molecule has 3 unspecified atom stereocenters. The van der Waals surface area contributed by atoms with E-state index in [0.717, 1.165) is 24.1 Å². The van der Waals surface area contributed by atoms with Crippen LogP contribution in [0, 0.1) is 0 Å². The lowest BCUT2D eigenvalue weighted by atomic mass is 9.95. The number of hydrogen-bond acceptors (Lipinski definition) is 13. The van der Waals surface area contributed by atoms with Gasteiger partial charge >= 0.3 is 23.5 Å². The van der Waals surface area contributed by atoms with Gasteiger partial charge in [0, 0.05) is 0 Å². The van der Waals surface area contributed by atoms with Gasteiger partial charge in [-0.05, 0) is 6.92 Å². The Labute approximate surface area is 181 Å². The number of nitrogens with zero attached hydrogens (tertiary/aromatic N) is 4. The second-order valence-electron chi connectivity index (χ2n) is 7.19. The van der Waals surface area contributed by atoms with Crippen molar-refractivity contribution < 1.29 is 65.8 Å². The Balaban J connectivity index is 1.59. The van der Waals surface area contributed by atoms with Crippen LogP contribution in [0.1, 0.15) is 13.2 Å². The molecular formula is C11H15FN5O13P3. The maximum atomic E-state index is 15.4. The van der Waals surface area contributed by atoms with Gasteiger partial charge in [-0.25, -0.2) is 33.0 Å². The van der Waals surface area contributed by atoms with Crippen LogP contribution in [-0.2, 0) is 31.6 Å². The predicted octanol–water partition coefficient (Wildman–Crippen LogP) is -1.19. The fraction of sp³-hybridized carbons (Fsp3) is 0.545. The lowest BCUT2D eigenvalue weighted by Crippen LogP contribution is -2.48. The maximum absolute atomic E-state index is 15.4. The summed E-state index contributed by atoms with van der Waals surface area (Å²) in [5.74, 6) is -3.41. The molecule has 2 aromatic rings. The standard InChI is InChI=1S/C11H15FN5O13P3/c1-9(18)8(17-3-16-4-5(13)14-2-15-6(4)17)27-11(12)7(10(9,11)19)28-32(23,24)30-33(25,26)29-31(20,21)22/h2-3,7-8,18-19H,1H3,(H,23,24)(H,25,26)(H2,13,14,15)(H2,20,21,22)/t7?,8-,9+,10+,11-/m1/s1. The lowest BCUT2D eigenvalue weighted by molar-refractivity contribution is -0.178. The fourth-order valence-electron chi connectivity index (χ4n) is 3.54. The molecule has 7 atom stereocenters. The zero-order valence-electron chi connectivity index (χ0n) is 15.9. The summed E-state index contributed by atoms with van der Waals surface area (Å²) in [5.41, 5.74) is 0.0476. The number of nitrogen functional groups attached to an aromatic ring is 1. The first-order chi connectivity index (χ1) is 14.8. The predicted molar refractivity (Wildman–Crippen MR) is 98.0 cm³/mol. The minimum atomic E-state index is -5.90. The fourth-order valence-corrected chi connectivity index (χ4v) is 6.76. The van der Waals surface area contributed by atoms with Crippen LogP contribution in [-0.4, -0.2) is 72.5 Å². The van der Waals surface area contributed by atoms with Gasteiger partial charge in [-0.3, -0.25) is 9.09 Å². The summed E-state index contributed by atoms with van der Waals surface area (Å²) in [5, 5.41) is 21.6. The number of alkyl halides is 1. The van der Waals surface area contributed by atoms with E-state index >= 15 is 4.39 Å². The molecule has 2 aromatic heterocycles. The van der Waals surface area contributed by atoms with Crippen molar-refractivity contribution in [3.05, 3.63) is 12.7 Å². The molecule has 0 amide bonds. The van der Waals surface area contributed by atoms with E-state index < -0.39 is 52.9 Å². The second-order valence-corrected chi connectivity index (χ2v) is 11.6. The Morgan fingerprint density at radius 1 is 1.12 bits per heavy atom. The number of phosphoric acid groups is 3. The molecule has 2 fully saturated rings. The monoisotopic (exact) mass is 537 g/mol. The Kier molecular flexibility index (Phi) is 5.27. The van der Waals surface area contributed by atoms with E-state index in [4.69, 9.17) is 20.3 Å². The van der Waals surface area contributed by atoms with Gasteiger partial charge in [-0.15, -0.1) is 0 Å². The first-order valence-electron chi connectivity index (χ1n) is 8.41. The smallest absolute Gasteiger partial charge is 0.382 e. The largest absolute Gasteiger partial charge is 0.490 e. The van der Waals surface area contributed by atoms with E-state index in [1.54, 1.807) is 0 Å². The molecule has 0 aromatic carbocycles. The van der Waals surface area contributed by atoms with Crippen molar-refractivity contribution in [2.24, 2.45) is 0 Å². The average Bonchev–Trinajstić information content (AvgIpc) is 2.92. The SMILES string of the molecule is C[C@]1(O)[C@H](n2cnc3c(N)ncnc32)O[C@]2(F)C(OP(=O)(O)OP(=O)(O)OP(=O)(O)O)[C@]12O. The van der Waals surface area contributed by atoms with Crippen molar-refractivity contribution in [1.29, 1.82) is 0 Å². The number of aliphatic hydroxyl groups is 2. The van der Waals surface area contributed by atoms with Gasteiger partial charge in [0.2, 0.25) is 0 Å². The molecule has 1 saturated heterocycles. The van der Waals surface area contributed by atoms with Crippen LogP contribution in [0.15, 0.2) is 12.7 Å². The summed E-state index contributed by atoms with van der Waals surface area (Å²) in [7, 11) is -17.4. The number of fused-ring (bicyclic) bond motifs is 2. The summed E-state index contributed by atoms with van der Waals surface area (Å²) in [6.45, 7) is 0.885. The van der Waals surface area contributed by atoms with Gasteiger partial charge in [-0.1, -0.05) is 0 Å². The van der Waals surface area contributed by atoms with Crippen molar-refractivity contribution in [3.8, 4) is 0 Å². The number of nitrogens with two attached hydrogens (primary N) is 1. The molecule has 1 aliphatic heterocycles. The van der Waals surface area contributed by atoms with E-state index in [1.807, 2.05) is 0 Å². The number of anilines is 1. The molecule has 18 nitrogen and oxygen atoms in total. The molecule has 4 rings (SSSR count). The number of imidazole rings is 1. The van der Waals surface area contributed by atoms with E-state index in [0.29, 0.717) is 0 Å². The summed E-state index contributed by atoms with van der Waals surface area (Å²) in [6, 6.07) is 0. The molecule has 2 aliphatic rings. The third-order valence-corrected chi connectivity index (χ3v) is 8.79. The molecule has 3 heterocycles. The van der Waals surface area contributed by atoms with Crippen LogP contribution in [0.5, 0.6) is 0 Å². The van der Waals surface area contributed by atoms with E-state index in [9.17, 15) is 33.7 Å². The quantitative estimate of drug-likeness (QED) is 0.204. The molecule has 8 N–H and O–H groups in total. The molecule has 0 bridgehead atoms. The van der Waals surface area contributed by atoms with Gasteiger partial charge in [0.05, 0.1) is 6.33 Å². The summed E-state index contributed by atoms with van der Waals surface area (Å²) < 4.78 is 66.9. The van der Waals surface area contributed by atoms with Crippen LogP contribution >= 0.6 is 23.5 Å². The highest BCUT2D eigenvalue weighted by atomic mass is 31.3. The Bertz CT molecular complexity index is 1280. The van der Waals surface area contributed by atoms with Gasteiger partial charge < -0.3 is 40.3 Å². The highest BCUT2D eigenvalue weighted by Crippen LogP contribution is 2.74. The third kappa shape index (κ3) is 3.75. The van der Waals surface area contributed by atoms with E-state index in [1.165, 1.54) is 0 Å². The normalized spacial score (nSPS) is 37.5. The van der Waals surface area contributed by atoms with Crippen LogP contribution in [0.2, 0.25) is 0 Å². The molecule has 33 heavy (non-hydrogen) atoms. The van der Waals surface area contributed by atoms with Crippen LogP contribution < -0.4 is 5.73 Å². The van der Waals surface area contributed by atoms with Crippen molar-refractivity contribution in [2.75, 3.05) is 5.73 Å². The second kappa shape index (κ2) is 7.05. The lowest BCUT2D eigenvalue weighted by Gasteiger charge is -2.32. The molecular weight excluding hydrogens is 522 g/mol. The molecule has 0 radical (unpaired) electrons. The minimum Gasteiger partial charge on any atom is -0.382 e. The van der Waals surface area contributed by atoms with Gasteiger partial charge in [0.15, 0.2) is 29.4 Å². The van der Waals surface area contributed by atoms with Gasteiger partial charge in [-0.2, -0.15) is 8.62 Å². The van der Waals surface area contributed by atoms with E-state index in [2.05, 4.69) is 28.1 Å². The van der Waals surface area contributed by atoms with Crippen molar-refractivity contribution >= 4 is 40.4 Å². The Morgan fingerprint density at radius 2 is 1.76 bits per heavy atom. The topological polar surface area (TPSA) is 279 Å². The molecule has 1 saturated carbocycles. The zero-order valence-corrected chi connectivity index (χ0v) is 18.6. The van der Waals surface area contributed by atoms with Gasteiger partial charge in [0.1, 0.15) is 17.4 Å². The van der Waals surface area contributed by atoms with Crippen molar-refractivity contribution in [2.45, 2.75) is 36.3 Å². The molecule has 22 heteroatoms. The summed E-state index contributed by atoms with van der Waals surface area (Å²) in [6.07, 6.45) is -2.11. The Morgan fingerprint density at radius 3 is 2.30 bits per heavy atom. The number of phosphoric ester groups is 1. The number of rotatable bonds is 7. The first kappa shape index (κ1) is 24.7. The van der Waals surface area contributed by atoms with E-state index in [-0.39, 0.29) is 17.0 Å². The number of ether oxygens (including phenoxy) is 1. The maximum Gasteiger partial charge on any atom is 0.490 e.